The maximum atomic E-state index is 13.3. The van der Waals surface area contributed by atoms with Crippen LogP contribution in [0.2, 0.25) is 0 Å². The summed E-state index contributed by atoms with van der Waals surface area (Å²) >= 11 is 0. The molecule has 1 aromatic heterocycles. The van der Waals surface area contributed by atoms with Crippen LogP contribution in [0.25, 0.3) is 0 Å². The van der Waals surface area contributed by atoms with E-state index in [1.807, 2.05) is 50.8 Å². The van der Waals surface area contributed by atoms with Gasteiger partial charge in [0.1, 0.15) is 5.60 Å². The predicted molar refractivity (Wildman–Crippen MR) is 147 cm³/mol. The first-order valence-electron chi connectivity index (χ1n) is 13.2. The molecule has 5 heteroatoms. The summed E-state index contributed by atoms with van der Waals surface area (Å²) in [4.78, 5) is 31.8. The van der Waals surface area contributed by atoms with E-state index in [0.29, 0.717) is 31.0 Å². The molecule has 3 aromatic rings. The molecular weight excluding hydrogens is 460 g/mol. The molecule has 5 nitrogen and oxygen atoms in total. The third-order valence-electron chi connectivity index (χ3n) is 7.13. The van der Waals surface area contributed by atoms with Gasteiger partial charge < -0.3 is 9.64 Å². The fraction of sp³-hybridized carbons (Fsp3) is 0.406. The van der Waals surface area contributed by atoms with Gasteiger partial charge in [-0.15, -0.1) is 0 Å². The van der Waals surface area contributed by atoms with E-state index in [0.717, 1.165) is 24.1 Å². The smallest absolute Gasteiger partial charge is 0.410 e. The number of ether oxygens (including phenoxy) is 1. The van der Waals surface area contributed by atoms with E-state index in [1.165, 1.54) is 16.7 Å². The van der Waals surface area contributed by atoms with Crippen molar-refractivity contribution in [3.05, 3.63) is 100 Å². The Kier molecular flexibility index (Phi) is 8.11. The highest BCUT2D eigenvalue weighted by Gasteiger charge is 2.28. The lowest BCUT2D eigenvalue weighted by molar-refractivity contribution is 0.0204. The number of aryl methyl sites for hydroxylation is 2. The summed E-state index contributed by atoms with van der Waals surface area (Å²) < 4.78 is 5.54. The maximum absolute atomic E-state index is 13.3. The quantitative estimate of drug-likeness (QED) is 0.337. The zero-order valence-electron chi connectivity index (χ0n) is 22.7. The van der Waals surface area contributed by atoms with Crippen LogP contribution in [0.3, 0.4) is 0 Å². The SMILES string of the molecule is Cc1cc(C(=O)C[C@H](c2ccc(C3CCN(C(=O)OC(C)(C)C)CC3)cc2)c2ccccc2C)ccn1. The molecule has 0 saturated carbocycles. The van der Waals surface area contributed by atoms with Crippen LogP contribution in [0.15, 0.2) is 66.9 Å². The highest BCUT2D eigenvalue weighted by Crippen LogP contribution is 2.34. The van der Waals surface area contributed by atoms with Gasteiger partial charge in [0.2, 0.25) is 0 Å². The first-order valence-corrected chi connectivity index (χ1v) is 13.2. The molecule has 2 heterocycles. The number of likely N-dealkylation sites (tertiary alicyclic amines) is 1. The fourth-order valence-electron chi connectivity index (χ4n) is 5.13. The van der Waals surface area contributed by atoms with Crippen molar-refractivity contribution in [2.45, 2.75) is 71.3 Å². The molecule has 194 valence electrons. The molecule has 1 aliphatic rings. The number of hydrogen-bond donors (Lipinski definition) is 0. The maximum Gasteiger partial charge on any atom is 0.410 e. The Hall–Kier alpha value is -3.47. The molecule has 37 heavy (non-hydrogen) atoms. The van der Waals surface area contributed by atoms with Gasteiger partial charge in [0, 0.05) is 42.9 Å². The second-order valence-corrected chi connectivity index (χ2v) is 11.1. The Balaban J connectivity index is 1.50. The van der Waals surface area contributed by atoms with Crippen LogP contribution in [0.4, 0.5) is 4.79 Å². The van der Waals surface area contributed by atoms with Crippen molar-refractivity contribution in [2.24, 2.45) is 0 Å². The van der Waals surface area contributed by atoms with Crippen molar-refractivity contribution >= 4 is 11.9 Å². The average Bonchev–Trinajstić information content (AvgIpc) is 2.87. The molecule has 0 spiro atoms. The van der Waals surface area contributed by atoms with E-state index >= 15 is 0 Å². The molecule has 0 aliphatic carbocycles. The fourth-order valence-corrected chi connectivity index (χ4v) is 5.13. The number of rotatable bonds is 6. The van der Waals surface area contributed by atoms with Crippen molar-refractivity contribution in [3.63, 3.8) is 0 Å². The van der Waals surface area contributed by atoms with Crippen molar-refractivity contribution < 1.29 is 14.3 Å². The minimum absolute atomic E-state index is 0.0229. The number of carbonyl (C=O) groups is 2. The van der Waals surface area contributed by atoms with E-state index in [4.69, 9.17) is 4.74 Å². The molecule has 1 fully saturated rings. The van der Waals surface area contributed by atoms with Gasteiger partial charge in [0.05, 0.1) is 0 Å². The molecule has 0 bridgehead atoms. The minimum Gasteiger partial charge on any atom is -0.444 e. The van der Waals surface area contributed by atoms with E-state index in [9.17, 15) is 9.59 Å². The molecule has 1 amide bonds. The Morgan fingerprint density at radius 1 is 1.00 bits per heavy atom. The summed E-state index contributed by atoms with van der Waals surface area (Å²) in [6.45, 7) is 11.1. The van der Waals surface area contributed by atoms with E-state index < -0.39 is 5.60 Å². The van der Waals surface area contributed by atoms with Gasteiger partial charge in [-0.05, 0) is 87.8 Å². The highest BCUT2D eigenvalue weighted by atomic mass is 16.6. The summed E-state index contributed by atoms with van der Waals surface area (Å²) in [7, 11) is 0. The van der Waals surface area contributed by atoms with E-state index in [-0.39, 0.29) is 17.8 Å². The number of piperidine rings is 1. The first kappa shape index (κ1) is 26.6. The summed E-state index contributed by atoms with van der Waals surface area (Å²) in [5.74, 6) is 0.508. The third kappa shape index (κ3) is 6.85. The van der Waals surface area contributed by atoms with Gasteiger partial charge in [-0.25, -0.2) is 4.79 Å². The second kappa shape index (κ2) is 11.3. The molecule has 1 saturated heterocycles. The number of hydrogen-bond acceptors (Lipinski definition) is 4. The van der Waals surface area contributed by atoms with Crippen molar-refractivity contribution in [3.8, 4) is 0 Å². The topological polar surface area (TPSA) is 59.5 Å². The molecule has 1 atom stereocenters. The van der Waals surface area contributed by atoms with E-state index in [1.54, 1.807) is 12.3 Å². The van der Waals surface area contributed by atoms with Crippen LogP contribution in [0, 0.1) is 13.8 Å². The summed E-state index contributed by atoms with van der Waals surface area (Å²) in [5.41, 5.74) is 5.87. The predicted octanol–water partition coefficient (Wildman–Crippen LogP) is 7.22. The largest absolute Gasteiger partial charge is 0.444 e. The Morgan fingerprint density at radius 3 is 2.30 bits per heavy atom. The van der Waals surface area contributed by atoms with E-state index in [2.05, 4.69) is 48.3 Å². The van der Waals surface area contributed by atoms with Gasteiger partial charge in [-0.2, -0.15) is 0 Å². The van der Waals surface area contributed by atoms with Crippen molar-refractivity contribution in [1.82, 2.24) is 9.88 Å². The number of carbonyl (C=O) groups excluding carboxylic acids is 2. The zero-order chi connectivity index (χ0) is 26.6. The number of pyridine rings is 1. The number of Topliss-reactive ketones (excluding diaryl/α,β-unsaturated/α-hetero) is 1. The van der Waals surface area contributed by atoms with Crippen LogP contribution in [0.1, 0.15) is 90.2 Å². The van der Waals surface area contributed by atoms with Crippen LogP contribution in [-0.4, -0.2) is 40.5 Å². The monoisotopic (exact) mass is 498 g/mol. The summed E-state index contributed by atoms with van der Waals surface area (Å²) in [5, 5.41) is 0. The summed E-state index contributed by atoms with van der Waals surface area (Å²) in [6, 6.07) is 20.8. The number of amides is 1. The summed E-state index contributed by atoms with van der Waals surface area (Å²) in [6.07, 6.45) is 3.71. The number of aromatic nitrogens is 1. The molecule has 1 aliphatic heterocycles. The van der Waals surface area contributed by atoms with Gasteiger partial charge in [0.15, 0.2) is 5.78 Å². The number of nitrogens with zero attached hydrogens (tertiary/aromatic N) is 2. The number of benzene rings is 2. The lowest BCUT2D eigenvalue weighted by Gasteiger charge is -2.33. The number of ketones is 1. The van der Waals surface area contributed by atoms with Crippen LogP contribution in [0.5, 0.6) is 0 Å². The minimum atomic E-state index is -0.477. The molecule has 2 aromatic carbocycles. The van der Waals surface area contributed by atoms with Crippen LogP contribution in [-0.2, 0) is 4.74 Å². The molecule has 0 unspecified atom stereocenters. The Bertz CT molecular complexity index is 1240. The normalized spacial score (nSPS) is 15.3. The molecule has 0 radical (unpaired) electrons. The van der Waals surface area contributed by atoms with Gasteiger partial charge >= 0.3 is 6.09 Å². The standard InChI is InChI=1S/C32H38N2O3/c1-22-8-6-7-9-28(22)29(21-30(35)27-14-17-33-23(2)20-27)26-12-10-24(11-13-26)25-15-18-34(19-16-25)31(36)37-32(3,4)5/h6-14,17,20,25,29H,15-16,18-19,21H2,1-5H3/t29-/m1/s1. The average molecular weight is 499 g/mol. The Labute approximate surface area is 220 Å². The van der Waals surface area contributed by atoms with Gasteiger partial charge in [-0.3, -0.25) is 9.78 Å². The van der Waals surface area contributed by atoms with Gasteiger partial charge in [-0.1, -0.05) is 48.5 Å². The second-order valence-electron chi connectivity index (χ2n) is 11.1. The molecule has 0 N–H and O–H groups in total. The van der Waals surface area contributed by atoms with Crippen LogP contribution >= 0.6 is 0 Å². The van der Waals surface area contributed by atoms with Crippen molar-refractivity contribution in [1.29, 1.82) is 0 Å². The Morgan fingerprint density at radius 2 is 1.68 bits per heavy atom. The lowest BCUT2D eigenvalue weighted by atomic mass is 9.82. The van der Waals surface area contributed by atoms with Crippen molar-refractivity contribution in [2.75, 3.05) is 13.1 Å². The first-order chi connectivity index (χ1) is 17.6. The zero-order valence-corrected chi connectivity index (χ0v) is 22.7. The molecule has 4 rings (SSSR count). The van der Waals surface area contributed by atoms with Crippen LogP contribution < -0.4 is 0 Å². The van der Waals surface area contributed by atoms with Gasteiger partial charge in [0.25, 0.3) is 0 Å². The third-order valence-corrected chi connectivity index (χ3v) is 7.13. The molecular formula is C32H38N2O3. The highest BCUT2D eigenvalue weighted by molar-refractivity contribution is 5.96. The lowest BCUT2D eigenvalue weighted by Crippen LogP contribution is -2.41.